The highest BCUT2D eigenvalue weighted by Gasteiger charge is 2.29. The maximum atomic E-state index is 12.4. The summed E-state index contributed by atoms with van der Waals surface area (Å²) in [6, 6.07) is 5.28. The average Bonchev–Trinajstić information content (AvgIpc) is 2.37. The normalized spacial score (nSPS) is 13.3. The van der Waals surface area contributed by atoms with Crippen molar-refractivity contribution in [2.75, 3.05) is 0 Å². The predicted octanol–water partition coefficient (Wildman–Crippen LogP) is 3.44. The van der Waals surface area contributed by atoms with Crippen molar-refractivity contribution in [2.24, 2.45) is 5.84 Å². The largest absolute Gasteiger partial charge is 0.416 e. The van der Waals surface area contributed by atoms with E-state index in [9.17, 15) is 13.2 Å². The van der Waals surface area contributed by atoms with E-state index in [0.29, 0.717) is 6.42 Å². The molecule has 0 amide bonds. The molecule has 3 N–H and O–H groups in total. The first kappa shape index (κ1) is 15.7. The van der Waals surface area contributed by atoms with Gasteiger partial charge < -0.3 is 0 Å². The van der Waals surface area contributed by atoms with Gasteiger partial charge in [0.1, 0.15) is 0 Å². The van der Waals surface area contributed by atoms with Crippen LogP contribution in [0.4, 0.5) is 13.2 Å². The summed E-state index contributed by atoms with van der Waals surface area (Å²) in [4.78, 5) is 0. The van der Waals surface area contributed by atoms with Crippen molar-refractivity contribution in [3.63, 3.8) is 0 Å². The lowest BCUT2D eigenvalue weighted by molar-refractivity contribution is -0.137. The van der Waals surface area contributed by atoms with Crippen molar-refractivity contribution in [3.05, 3.63) is 48.0 Å². The number of nitrogens with two attached hydrogens (primary N) is 1. The van der Waals surface area contributed by atoms with Crippen molar-refractivity contribution < 1.29 is 13.2 Å². The van der Waals surface area contributed by atoms with E-state index in [0.717, 1.165) is 37.0 Å². The number of nitrogens with one attached hydrogen (secondary N) is 1. The van der Waals surface area contributed by atoms with E-state index < -0.39 is 11.7 Å². The van der Waals surface area contributed by atoms with E-state index in [2.05, 4.69) is 12.0 Å². The van der Waals surface area contributed by atoms with Crippen molar-refractivity contribution >= 4 is 0 Å². The van der Waals surface area contributed by atoms with Gasteiger partial charge in [-0.2, -0.15) is 13.2 Å². The Labute approximate surface area is 111 Å². The van der Waals surface area contributed by atoms with Crippen LogP contribution >= 0.6 is 0 Å². The third-order valence-corrected chi connectivity index (χ3v) is 2.96. The van der Waals surface area contributed by atoms with Crippen LogP contribution in [-0.4, -0.2) is 6.04 Å². The zero-order chi connectivity index (χ0) is 14.3. The second kappa shape index (κ2) is 7.31. The molecule has 0 aliphatic carbocycles. The fourth-order valence-electron chi connectivity index (χ4n) is 1.87. The van der Waals surface area contributed by atoms with Gasteiger partial charge in [0.2, 0.25) is 0 Å². The second-order valence-corrected chi connectivity index (χ2v) is 4.48. The zero-order valence-corrected chi connectivity index (χ0v) is 10.7. The first-order valence-corrected chi connectivity index (χ1v) is 6.20. The standard InChI is InChI=1S/C14H19F3N2/c1-2-3-4-5-13(19-18)10-11-6-8-12(9-7-11)14(15,16)17/h2,6-9,13,19H,1,3-5,10,18H2. The molecule has 0 saturated heterocycles. The van der Waals surface area contributed by atoms with Crippen LogP contribution in [0.2, 0.25) is 0 Å². The van der Waals surface area contributed by atoms with Gasteiger partial charge in [-0.15, -0.1) is 6.58 Å². The van der Waals surface area contributed by atoms with Crippen LogP contribution in [0, 0.1) is 0 Å². The number of benzene rings is 1. The number of hydrogen-bond acceptors (Lipinski definition) is 2. The Bertz CT molecular complexity index is 385. The van der Waals surface area contributed by atoms with Crippen LogP contribution in [0.3, 0.4) is 0 Å². The predicted molar refractivity (Wildman–Crippen MR) is 70.3 cm³/mol. The molecule has 1 aromatic rings. The number of allylic oxidation sites excluding steroid dienone is 1. The first-order valence-electron chi connectivity index (χ1n) is 6.20. The van der Waals surface area contributed by atoms with Gasteiger partial charge >= 0.3 is 6.18 Å². The number of hydrogen-bond donors (Lipinski definition) is 2. The number of alkyl halides is 3. The van der Waals surface area contributed by atoms with Crippen molar-refractivity contribution in [1.82, 2.24) is 5.43 Å². The zero-order valence-electron chi connectivity index (χ0n) is 10.7. The molecule has 0 saturated carbocycles. The highest BCUT2D eigenvalue weighted by Crippen LogP contribution is 2.29. The van der Waals surface area contributed by atoms with Gasteiger partial charge in [-0.05, 0) is 43.4 Å². The molecule has 0 fully saturated rings. The summed E-state index contributed by atoms with van der Waals surface area (Å²) in [5.74, 6) is 5.45. The lowest BCUT2D eigenvalue weighted by atomic mass is 10.0. The molecule has 0 radical (unpaired) electrons. The molecular weight excluding hydrogens is 253 g/mol. The molecule has 0 aromatic heterocycles. The van der Waals surface area contributed by atoms with Gasteiger partial charge in [0.05, 0.1) is 5.56 Å². The maximum Gasteiger partial charge on any atom is 0.416 e. The van der Waals surface area contributed by atoms with Gasteiger partial charge in [0.25, 0.3) is 0 Å². The van der Waals surface area contributed by atoms with Gasteiger partial charge in [0.15, 0.2) is 0 Å². The van der Waals surface area contributed by atoms with E-state index in [4.69, 9.17) is 5.84 Å². The SMILES string of the molecule is C=CCCCC(Cc1ccc(C(F)(F)F)cc1)NN. The summed E-state index contributed by atoms with van der Waals surface area (Å²) >= 11 is 0. The molecule has 0 heterocycles. The fourth-order valence-corrected chi connectivity index (χ4v) is 1.87. The van der Waals surface area contributed by atoms with Crippen molar-refractivity contribution in [2.45, 2.75) is 37.9 Å². The molecule has 1 atom stereocenters. The minimum atomic E-state index is -4.28. The van der Waals surface area contributed by atoms with Crippen LogP contribution in [0.1, 0.15) is 30.4 Å². The van der Waals surface area contributed by atoms with Crippen LogP contribution in [0.25, 0.3) is 0 Å². The molecule has 0 bridgehead atoms. The first-order chi connectivity index (χ1) is 8.97. The Morgan fingerprint density at radius 3 is 2.37 bits per heavy atom. The summed E-state index contributed by atoms with van der Waals surface area (Å²) in [6.45, 7) is 3.64. The third kappa shape index (κ3) is 5.44. The number of halogens is 3. The number of unbranched alkanes of at least 4 members (excludes halogenated alkanes) is 1. The topological polar surface area (TPSA) is 38.0 Å². The van der Waals surface area contributed by atoms with E-state index in [1.54, 1.807) is 0 Å². The Kier molecular flexibility index (Phi) is 6.05. The summed E-state index contributed by atoms with van der Waals surface area (Å²) in [6.07, 6.45) is 0.902. The van der Waals surface area contributed by atoms with Crippen molar-refractivity contribution in [3.8, 4) is 0 Å². The molecule has 0 spiro atoms. The molecule has 1 aromatic carbocycles. The van der Waals surface area contributed by atoms with E-state index >= 15 is 0 Å². The smallest absolute Gasteiger partial charge is 0.271 e. The molecule has 1 rings (SSSR count). The Morgan fingerprint density at radius 1 is 1.26 bits per heavy atom. The minimum absolute atomic E-state index is 0.0664. The average molecular weight is 272 g/mol. The van der Waals surface area contributed by atoms with Crippen LogP contribution in [0.5, 0.6) is 0 Å². The molecule has 0 aliphatic heterocycles. The van der Waals surface area contributed by atoms with E-state index in [1.165, 1.54) is 12.1 Å². The monoisotopic (exact) mass is 272 g/mol. The van der Waals surface area contributed by atoms with Crippen LogP contribution in [0.15, 0.2) is 36.9 Å². The fraction of sp³-hybridized carbons (Fsp3) is 0.429. The molecule has 0 aliphatic rings. The summed E-state index contributed by atoms with van der Waals surface area (Å²) in [5, 5.41) is 0. The number of rotatable bonds is 7. The van der Waals surface area contributed by atoms with Crippen molar-refractivity contribution in [1.29, 1.82) is 0 Å². The second-order valence-electron chi connectivity index (χ2n) is 4.48. The number of hydrazine groups is 1. The minimum Gasteiger partial charge on any atom is -0.271 e. The Hall–Kier alpha value is -1.33. The Morgan fingerprint density at radius 2 is 1.89 bits per heavy atom. The molecule has 5 heteroatoms. The highest BCUT2D eigenvalue weighted by atomic mass is 19.4. The molecular formula is C14H19F3N2. The van der Waals surface area contributed by atoms with E-state index in [-0.39, 0.29) is 6.04 Å². The van der Waals surface area contributed by atoms with E-state index in [1.807, 2.05) is 6.08 Å². The highest BCUT2D eigenvalue weighted by molar-refractivity contribution is 5.25. The lowest BCUT2D eigenvalue weighted by Crippen LogP contribution is -2.36. The van der Waals surface area contributed by atoms with Gasteiger partial charge in [0, 0.05) is 6.04 Å². The van der Waals surface area contributed by atoms with Crippen LogP contribution in [-0.2, 0) is 12.6 Å². The summed E-state index contributed by atoms with van der Waals surface area (Å²) in [5.41, 5.74) is 2.92. The Balaban J connectivity index is 2.58. The quantitative estimate of drug-likeness (QED) is 0.345. The van der Waals surface area contributed by atoms with Gasteiger partial charge in [-0.3, -0.25) is 11.3 Å². The molecule has 1 unspecified atom stereocenters. The molecule has 106 valence electrons. The molecule has 19 heavy (non-hydrogen) atoms. The third-order valence-electron chi connectivity index (χ3n) is 2.96. The molecule has 2 nitrogen and oxygen atoms in total. The maximum absolute atomic E-state index is 12.4. The van der Waals surface area contributed by atoms with Gasteiger partial charge in [-0.25, -0.2) is 0 Å². The van der Waals surface area contributed by atoms with Crippen LogP contribution < -0.4 is 11.3 Å². The lowest BCUT2D eigenvalue weighted by Gasteiger charge is -2.16. The summed E-state index contributed by atoms with van der Waals surface area (Å²) < 4.78 is 37.2. The summed E-state index contributed by atoms with van der Waals surface area (Å²) in [7, 11) is 0. The van der Waals surface area contributed by atoms with Gasteiger partial charge in [-0.1, -0.05) is 18.2 Å².